The van der Waals surface area contributed by atoms with E-state index in [2.05, 4.69) is 17.3 Å². The Labute approximate surface area is 103 Å². The largest absolute Gasteiger partial charge is 0.312 e. The van der Waals surface area contributed by atoms with Crippen molar-refractivity contribution in [1.82, 2.24) is 10.2 Å². The average Bonchev–Trinajstić information content (AvgIpc) is 2.32. The van der Waals surface area contributed by atoms with Crippen molar-refractivity contribution in [2.75, 3.05) is 26.7 Å². The Balaban J connectivity index is 1.69. The highest BCUT2D eigenvalue weighted by Crippen LogP contribution is 2.14. The van der Waals surface area contributed by atoms with Crippen molar-refractivity contribution in [2.24, 2.45) is 5.92 Å². The number of benzene rings is 1. The summed E-state index contributed by atoms with van der Waals surface area (Å²) in [7, 11) is 2.18. The van der Waals surface area contributed by atoms with Gasteiger partial charge in [-0.05, 0) is 63.1 Å². The predicted octanol–water partition coefficient (Wildman–Crippen LogP) is 2.26. The number of likely N-dealkylation sites (tertiary alicyclic amines) is 1. The molecule has 1 aromatic carbocycles. The fourth-order valence-corrected chi connectivity index (χ4v) is 2.33. The number of nitrogens with one attached hydrogen (secondary N) is 1. The first-order valence-electron chi connectivity index (χ1n) is 6.38. The monoisotopic (exact) mass is 236 g/mol. The van der Waals surface area contributed by atoms with Crippen LogP contribution in [0.3, 0.4) is 0 Å². The van der Waals surface area contributed by atoms with Gasteiger partial charge in [0, 0.05) is 6.54 Å². The van der Waals surface area contributed by atoms with Gasteiger partial charge in [0.1, 0.15) is 5.82 Å². The first kappa shape index (κ1) is 12.5. The summed E-state index contributed by atoms with van der Waals surface area (Å²) < 4.78 is 13.0. The van der Waals surface area contributed by atoms with Gasteiger partial charge < -0.3 is 10.2 Å². The summed E-state index contributed by atoms with van der Waals surface area (Å²) in [5.74, 6) is 0.628. The Morgan fingerprint density at radius 2 is 2.12 bits per heavy atom. The molecule has 1 aliphatic rings. The van der Waals surface area contributed by atoms with Crippen molar-refractivity contribution in [3.05, 3.63) is 35.6 Å². The molecule has 0 aliphatic carbocycles. The molecule has 1 fully saturated rings. The van der Waals surface area contributed by atoms with Crippen molar-refractivity contribution in [1.29, 1.82) is 0 Å². The first-order valence-corrected chi connectivity index (χ1v) is 6.38. The SMILES string of the molecule is CN1CCC(CNCc2cccc(F)c2)CC1. The summed E-state index contributed by atoms with van der Waals surface area (Å²) in [6.07, 6.45) is 2.54. The lowest BCUT2D eigenvalue weighted by molar-refractivity contribution is 0.216. The molecular formula is C14H21FN2. The second-order valence-corrected chi connectivity index (χ2v) is 5.01. The molecular weight excluding hydrogens is 215 g/mol. The topological polar surface area (TPSA) is 15.3 Å². The van der Waals surface area contributed by atoms with E-state index >= 15 is 0 Å². The van der Waals surface area contributed by atoms with Crippen molar-refractivity contribution in [3.63, 3.8) is 0 Å². The highest BCUT2D eigenvalue weighted by Gasteiger charge is 2.15. The molecule has 1 aromatic rings. The number of hydrogen-bond donors (Lipinski definition) is 1. The van der Waals surface area contributed by atoms with Gasteiger partial charge in [0.15, 0.2) is 0 Å². The van der Waals surface area contributed by atoms with Gasteiger partial charge in [-0.25, -0.2) is 4.39 Å². The van der Waals surface area contributed by atoms with E-state index in [9.17, 15) is 4.39 Å². The van der Waals surface area contributed by atoms with E-state index in [0.29, 0.717) is 0 Å². The van der Waals surface area contributed by atoms with Crippen LogP contribution < -0.4 is 5.32 Å². The van der Waals surface area contributed by atoms with E-state index in [4.69, 9.17) is 0 Å². The Bertz CT molecular complexity index is 346. The number of nitrogens with zero attached hydrogens (tertiary/aromatic N) is 1. The van der Waals surface area contributed by atoms with Gasteiger partial charge in [-0.1, -0.05) is 12.1 Å². The molecule has 1 aliphatic heterocycles. The molecule has 1 saturated heterocycles. The first-order chi connectivity index (χ1) is 8.24. The molecule has 0 aromatic heterocycles. The zero-order valence-electron chi connectivity index (χ0n) is 10.5. The molecule has 0 atom stereocenters. The summed E-state index contributed by atoms with van der Waals surface area (Å²) in [5, 5.41) is 3.43. The minimum Gasteiger partial charge on any atom is -0.312 e. The second-order valence-electron chi connectivity index (χ2n) is 5.01. The lowest BCUT2D eigenvalue weighted by Crippen LogP contribution is -2.34. The van der Waals surface area contributed by atoms with E-state index in [0.717, 1.165) is 24.6 Å². The molecule has 2 nitrogen and oxygen atoms in total. The average molecular weight is 236 g/mol. The quantitative estimate of drug-likeness (QED) is 0.862. The van der Waals surface area contributed by atoms with E-state index in [-0.39, 0.29) is 5.82 Å². The van der Waals surface area contributed by atoms with Crippen LogP contribution in [-0.2, 0) is 6.54 Å². The van der Waals surface area contributed by atoms with Gasteiger partial charge in [0.05, 0.1) is 0 Å². The summed E-state index contributed by atoms with van der Waals surface area (Å²) >= 11 is 0. The van der Waals surface area contributed by atoms with Crippen LogP contribution in [0.4, 0.5) is 4.39 Å². The maximum absolute atomic E-state index is 13.0. The Morgan fingerprint density at radius 1 is 1.35 bits per heavy atom. The number of hydrogen-bond acceptors (Lipinski definition) is 2. The van der Waals surface area contributed by atoms with Crippen LogP contribution in [0.1, 0.15) is 18.4 Å². The van der Waals surface area contributed by atoms with Gasteiger partial charge in [0.25, 0.3) is 0 Å². The van der Waals surface area contributed by atoms with Crippen LogP contribution in [0, 0.1) is 11.7 Å². The van der Waals surface area contributed by atoms with Crippen LogP contribution in [0.25, 0.3) is 0 Å². The molecule has 0 radical (unpaired) electrons. The fourth-order valence-electron chi connectivity index (χ4n) is 2.33. The standard InChI is InChI=1S/C14H21FN2/c1-17-7-5-12(6-8-17)10-16-11-13-3-2-4-14(15)9-13/h2-4,9,12,16H,5-8,10-11H2,1H3. The Hall–Kier alpha value is -0.930. The molecule has 0 spiro atoms. The molecule has 1 heterocycles. The molecule has 17 heavy (non-hydrogen) atoms. The molecule has 2 rings (SSSR count). The van der Waals surface area contributed by atoms with E-state index in [1.54, 1.807) is 12.1 Å². The molecule has 94 valence electrons. The number of piperidine rings is 1. The van der Waals surface area contributed by atoms with Crippen molar-refractivity contribution in [3.8, 4) is 0 Å². The smallest absolute Gasteiger partial charge is 0.123 e. The van der Waals surface area contributed by atoms with Gasteiger partial charge in [-0.2, -0.15) is 0 Å². The Kier molecular flexibility index (Phi) is 4.51. The zero-order valence-corrected chi connectivity index (χ0v) is 10.5. The molecule has 0 saturated carbocycles. The van der Waals surface area contributed by atoms with Crippen molar-refractivity contribution in [2.45, 2.75) is 19.4 Å². The maximum atomic E-state index is 13.0. The van der Waals surface area contributed by atoms with Crippen LogP contribution >= 0.6 is 0 Å². The zero-order chi connectivity index (χ0) is 12.1. The normalized spacial score (nSPS) is 18.5. The lowest BCUT2D eigenvalue weighted by atomic mass is 9.97. The van der Waals surface area contributed by atoms with Gasteiger partial charge in [-0.15, -0.1) is 0 Å². The van der Waals surface area contributed by atoms with Crippen LogP contribution in [-0.4, -0.2) is 31.6 Å². The third kappa shape index (κ3) is 4.10. The molecule has 0 amide bonds. The third-order valence-corrected chi connectivity index (χ3v) is 3.49. The predicted molar refractivity (Wildman–Crippen MR) is 68.3 cm³/mol. The Morgan fingerprint density at radius 3 is 2.82 bits per heavy atom. The summed E-state index contributed by atoms with van der Waals surface area (Å²) in [5.41, 5.74) is 1.03. The minimum absolute atomic E-state index is 0.149. The second kappa shape index (κ2) is 6.12. The maximum Gasteiger partial charge on any atom is 0.123 e. The molecule has 0 unspecified atom stereocenters. The van der Waals surface area contributed by atoms with Crippen LogP contribution in [0.5, 0.6) is 0 Å². The minimum atomic E-state index is -0.149. The molecule has 1 N–H and O–H groups in total. The van der Waals surface area contributed by atoms with Gasteiger partial charge in [-0.3, -0.25) is 0 Å². The third-order valence-electron chi connectivity index (χ3n) is 3.49. The highest BCUT2D eigenvalue weighted by molar-refractivity contribution is 5.15. The van der Waals surface area contributed by atoms with Crippen molar-refractivity contribution >= 4 is 0 Å². The molecule has 0 bridgehead atoms. The van der Waals surface area contributed by atoms with Crippen LogP contribution in [0.2, 0.25) is 0 Å². The van der Waals surface area contributed by atoms with E-state index in [1.165, 1.54) is 32.0 Å². The summed E-state index contributed by atoms with van der Waals surface area (Å²) in [6.45, 7) is 4.22. The lowest BCUT2D eigenvalue weighted by Gasteiger charge is -2.29. The van der Waals surface area contributed by atoms with Gasteiger partial charge in [0.2, 0.25) is 0 Å². The fraction of sp³-hybridized carbons (Fsp3) is 0.571. The van der Waals surface area contributed by atoms with E-state index < -0.39 is 0 Å². The highest BCUT2D eigenvalue weighted by atomic mass is 19.1. The molecule has 3 heteroatoms. The summed E-state index contributed by atoms with van der Waals surface area (Å²) in [4.78, 5) is 2.38. The number of halogens is 1. The van der Waals surface area contributed by atoms with E-state index in [1.807, 2.05) is 6.07 Å². The summed E-state index contributed by atoms with van der Waals surface area (Å²) in [6, 6.07) is 6.81. The van der Waals surface area contributed by atoms with Gasteiger partial charge >= 0.3 is 0 Å². The number of rotatable bonds is 4. The van der Waals surface area contributed by atoms with Crippen molar-refractivity contribution < 1.29 is 4.39 Å². The van der Waals surface area contributed by atoms with Crippen LogP contribution in [0.15, 0.2) is 24.3 Å².